The van der Waals surface area contributed by atoms with Gasteiger partial charge in [-0.15, -0.1) is 0 Å². The molecule has 2 aromatic rings. The standard InChI is InChI=1S/C22H16N4O4S4/c1-23-17(27)11-5-3-7-13(9-11)25-19(29)15(33-21(25)31)16-20(30)26(22(32)34-16)14-8-4-6-12(10-14)18(28)24-2/h3-10H,1-2H3,(H,23,27)(H,24,28)/b16-15+. The molecule has 2 N–H and O–H groups in total. The zero-order chi connectivity index (χ0) is 24.6. The Labute approximate surface area is 214 Å². The Morgan fingerprint density at radius 1 is 0.735 bits per heavy atom. The number of carbonyl (C=O) groups excluding carboxylic acids is 4. The highest BCUT2D eigenvalue weighted by Gasteiger charge is 2.43. The van der Waals surface area contributed by atoms with Crippen LogP contribution < -0.4 is 20.4 Å². The van der Waals surface area contributed by atoms with Crippen molar-refractivity contribution in [3.63, 3.8) is 0 Å². The van der Waals surface area contributed by atoms with E-state index in [4.69, 9.17) is 24.4 Å². The topological polar surface area (TPSA) is 98.8 Å². The van der Waals surface area contributed by atoms with Crippen molar-refractivity contribution in [2.75, 3.05) is 23.9 Å². The fourth-order valence-corrected chi connectivity index (χ4v) is 6.07. The number of thioether (sulfide) groups is 2. The van der Waals surface area contributed by atoms with Crippen molar-refractivity contribution in [1.82, 2.24) is 10.6 Å². The predicted molar refractivity (Wildman–Crippen MR) is 142 cm³/mol. The fraction of sp³-hybridized carbons (Fsp3) is 0.0909. The van der Waals surface area contributed by atoms with Gasteiger partial charge in [-0.1, -0.05) is 60.1 Å². The number of hydrogen-bond donors (Lipinski definition) is 2. The number of benzene rings is 2. The number of carbonyl (C=O) groups is 4. The van der Waals surface area contributed by atoms with E-state index in [1.165, 1.54) is 23.9 Å². The molecule has 34 heavy (non-hydrogen) atoms. The van der Waals surface area contributed by atoms with E-state index in [2.05, 4.69) is 10.6 Å². The number of nitrogens with one attached hydrogen (secondary N) is 2. The maximum Gasteiger partial charge on any atom is 0.272 e. The van der Waals surface area contributed by atoms with Gasteiger partial charge in [0.25, 0.3) is 23.6 Å². The zero-order valence-corrected chi connectivity index (χ0v) is 21.0. The van der Waals surface area contributed by atoms with Crippen molar-refractivity contribution in [2.45, 2.75) is 0 Å². The van der Waals surface area contributed by atoms with Gasteiger partial charge in [0, 0.05) is 25.2 Å². The molecule has 0 unspecified atom stereocenters. The predicted octanol–water partition coefficient (Wildman–Crippen LogP) is 3.05. The molecule has 0 atom stereocenters. The molecule has 12 heteroatoms. The van der Waals surface area contributed by atoms with Crippen LogP contribution in [0.25, 0.3) is 0 Å². The summed E-state index contributed by atoms with van der Waals surface area (Å²) in [6.07, 6.45) is 0. The van der Waals surface area contributed by atoms with Crippen molar-refractivity contribution < 1.29 is 19.2 Å². The van der Waals surface area contributed by atoms with Crippen LogP contribution >= 0.6 is 48.0 Å². The van der Waals surface area contributed by atoms with Gasteiger partial charge < -0.3 is 10.6 Å². The Balaban J connectivity index is 1.68. The molecule has 0 aliphatic carbocycles. The van der Waals surface area contributed by atoms with E-state index < -0.39 is 11.8 Å². The summed E-state index contributed by atoms with van der Waals surface area (Å²) in [5.74, 6) is -1.54. The molecule has 2 aliphatic rings. The van der Waals surface area contributed by atoms with Crippen LogP contribution in [0.3, 0.4) is 0 Å². The average molecular weight is 529 g/mol. The molecule has 4 rings (SSSR count). The van der Waals surface area contributed by atoms with E-state index >= 15 is 0 Å². The molecule has 2 heterocycles. The summed E-state index contributed by atoms with van der Waals surface area (Å²) >= 11 is 12.8. The van der Waals surface area contributed by atoms with Crippen molar-refractivity contribution >= 4 is 91.6 Å². The largest absolute Gasteiger partial charge is 0.355 e. The van der Waals surface area contributed by atoms with E-state index in [0.29, 0.717) is 22.5 Å². The number of rotatable bonds is 4. The van der Waals surface area contributed by atoms with Crippen LogP contribution in [0, 0.1) is 0 Å². The van der Waals surface area contributed by atoms with Gasteiger partial charge in [0.2, 0.25) is 0 Å². The first kappa shape index (κ1) is 24.1. The Bertz CT molecular complexity index is 1220. The maximum atomic E-state index is 13.3. The molecule has 0 aromatic heterocycles. The molecule has 2 saturated heterocycles. The van der Waals surface area contributed by atoms with Crippen molar-refractivity contribution in [3.8, 4) is 0 Å². The van der Waals surface area contributed by atoms with Gasteiger partial charge in [0.05, 0.1) is 21.2 Å². The average Bonchev–Trinajstić information content (AvgIpc) is 3.31. The second-order valence-electron chi connectivity index (χ2n) is 6.93. The van der Waals surface area contributed by atoms with Crippen LogP contribution in [-0.4, -0.2) is 46.4 Å². The number of nitrogens with zero attached hydrogens (tertiary/aromatic N) is 2. The second kappa shape index (κ2) is 9.66. The second-order valence-corrected chi connectivity index (χ2v) is 10.2. The van der Waals surface area contributed by atoms with Crippen LogP contribution in [-0.2, 0) is 9.59 Å². The molecule has 172 valence electrons. The Kier molecular flexibility index (Phi) is 6.84. The highest BCUT2D eigenvalue weighted by Crippen LogP contribution is 2.44. The monoisotopic (exact) mass is 528 g/mol. The van der Waals surface area contributed by atoms with Gasteiger partial charge in [-0.05, 0) is 36.4 Å². The van der Waals surface area contributed by atoms with E-state index in [1.54, 1.807) is 48.5 Å². The summed E-state index contributed by atoms with van der Waals surface area (Å²) in [5.41, 5.74) is 1.59. The Hall–Kier alpha value is -3.06. The Morgan fingerprint density at radius 3 is 1.47 bits per heavy atom. The summed E-state index contributed by atoms with van der Waals surface area (Å²) in [5, 5.41) is 5.08. The molecule has 2 aromatic carbocycles. The zero-order valence-electron chi connectivity index (χ0n) is 17.8. The van der Waals surface area contributed by atoms with E-state index in [1.807, 2.05) is 0 Å². The maximum absolute atomic E-state index is 13.3. The van der Waals surface area contributed by atoms with Gasteiger partial charge in [-0.3, -0.25) is 29.0 Å². The van der Waals surface area contributed by atoms with Crippen molar-refractivity contribution in [2.24, 2.45) is 0 Å². The minimum absolute atomic E-state index is 0.164. The van der Waals surface area contributed by atoms with Crippen LogP contribution in [0.4, 0.5) is 11.4 Å². The number of anilines is 2. The van der Waals surface area contributed by atoms with Gasteiger partial charge in [0.1, 0.15) is 0 Å². The van der Waals surface area contributed by atoms with Crippen molar-refractivity contribution in [3.05, 3.63) is 69.5 Å². The molecule has 0 bridgehead atoms. The molecule has 0 radical (unpaired) electrons. The third-order valence-corrected chi connectivity index (χ3v) is 7.81. The highest BCUT2D eigenvalue weighted by molar-refractivity contribution is 8.30. The lowest BCUT2D eigenvalue weighted by molar-refractivity contribution is -0.115. The summed E-state index contributed by atoms with van der Waals surface area (Å²) in [6, 6.07) is 13.0. The first-order valence-electron chi connectivity index (χ1n) is 9.78. The SMILES string of the molecule is CNC(=O)c1cccc(N2C(=O)/C(=C3\SC(=S)N(c4cccc(C(=O)NC)c4)C3=O)SC2=S)c1. The molecule has 8 nitrogen and oxygen atoms in total. The lowest BCUT2D eigenvalue weighted by Gasteiger charge is -2.16. The van der Waals surface area contributed by atoms with E-state index in [0.717, 1.165) is 23.5 Å². The normalized spacial score (nSPS) is 18.1. The summed E-state index contributed by atoms with van der Waals surface area (Å²) in [6.45, 7) is 0. The van der Waals surface area contributed by atoms with E-state index in [-0.39, 0.29) is 30.3 Å². The molecule has 0 spiro atoms. The fourth-order valence-electron chi connectivity index (χ4n) is 3.32. The van der Waals surface area contributed by atoms with E-state index in [9.17, 15) is 19.2 Å². The molecule has 0 saturated carbocycles. The first-order valence-corrected chi connectivity index (χ1v) is 12.2. The molecule has 2 aliphatic heterocycles. The van der Waals surface area contributed by atoms with Crippen LogP contribution in [0.15, 0.2) is 58.3 Å². The van der Waals surface area contributed by atoms with Gasteiger partial charge >= 0.3 is 0 Å². The number of thiocarbonyl (C=S) groups is 2. The third-order valence-electron chi connectivity index (χ3n) is 4.93. The number of amides is 4. The van der Waals surface area contributed by atoms with Crippen LogP contribution in [0.1, 0.15) is 20.7 Å². The third kappa shape index (κ3) is 4.25. The quantitative estimate of drug-likeness (QED) is 0.462. The van der Waals surface area contributed by atoms with Gasteiger partial charge in [0.15, 0.2) is 8.64 Å². The lowest BCUT2D eigenvalue weighted by atomic mass is 10.1. The Morgan fingerprint density at radius 2 is 1.12 bits per heavy atom. The molecular formula is C22H16N4O4S4. The summed E-state index contributed by atoms with van der Waals surface area (Å²) < 4.78 is 0.474. The van der Waals surface area contributed by atoms with Gasteiger partial charge in [-0.25, -0.2) is 0 Å². The van der Waals surface area contributed by atoms with Gasteiger partial charge in [-0.2, -0.15) is 0 Å². The van der Waals surface area contributed by atoms with Crippen molar-refractivity contribution in [1.29, 1.82) is 0 Å². The van der Waals surface area contributed by atoms with Crippen LogP contribution in [0.2, 0.25) is 0 Å². The minimum Gasteiger partial charge on any atom is -0.355 e. The summed E-state index contributed by atoms with van der Waals surface area (Å²) in [4.78, 5) is 53.5. The van der Waals surface area contributed by atoms with Crippen LogP contribution in [0.5, 0.6) is 0 Å². The molecule has 4 amide bonds. The summed E-state index contributed by atoms with van der Waals surface area (Å²) in [7, 11) is 3.03. The lowest BCUT2D eigenvalue weighted by Crippen LogP contribution is -2.30. The molecule has 2 fully saturated rings. The minimum atomic E-state index is -0.469. The number of hydrogen-bond acceptors (Lipinski definition) is 8. The smallest absolute Gasteiger partial charge is 0.272 e. The highest BCUT2D eigenvalue weighted by atomic mass is 32.2. The molecular weight excluding hydrogens is 513 g/mol. The first-order chi connectivity index (χ1) is 16.3.